The molecule has 0 fully saturated rings. The lowest BCUT2D eigenvalue weighted by atomic mass is 10.1. The molecule has 1 aromatic carbocycles. The Morgan fingerprint density at radius 1 is 1.22 bits per heavy atom. The normalized spacial score (nSPS) is 12.0. The molecular weight excluding hydrogens is 360 g/mol. The van der Waals surface area contributed by atoms with Crippen molar-refractivity contribution in [3.05, 3.63) is 67.9 Å². The van der Waals surface area contributed by atoms with Crippen molar-refractivity contribution in [3.63, 3.8) is 0 Å². The van der Waals surface area contributed by atoms with Gasteiger partial charge in [0.05, 0.1) is 22.4 Å². The molecule has 0 bridgehead atoms. The summed E-state index contributed by atoms with van der Waals surface area (Å²) < 4.78 is 1.28. The summed E-state index contributed by atoms with van der Waals surface area (Å²) in [5.41, 5.74) is 2.77. The zero-order valence-electron chi connectivity index (χ0n) is 16.1. The number of nitrogens with zero attached hydrogens (tertiary/aromatic N) is 4. The molecule has 0 aliphatic rings. The first-order valence-corrected chi connectivity index (χ1v) is 9.45. The van der Waals surface area contributed by atoms with Crippen LogP contribution in [-0.4, -0.2) is 32.6 Å². The highest BCUT2D eigenvalue weighted by Gasteiger charge is 2.23. The van der Waals surface area contributed by atoms with Crippen molar-refractivity contribution in [2.45, 2.75) is 26.8 Å². The maximum absolute atomic E-state index is 13.0. The number of carbonyl (C=O) groups excluding carboxylic acids is 1. The third-order valence-electron chi connectivity index (χ3n) is 4.60. The summed E-state index contributed by atoms with van der Waals surface area (Å²) in [6.45, 7) is 5.98. The Morgan fingerprint density at radius 2 is 1.96 bits per heavy atom. The number of aromatic nitrogens is 3. The van der Waals surface area contributed by atoms with Crippen LogP contribution in [0.4, 0.5) is 0 Å². The van der Waals surface area contributed by atoms with Crippen LogP contribution in [0.15, 0.2) is 41.2 Å². The topological polar surface area (TPSA) is 68.1 Å². The average Bonchev–Trinajstić information content (AvgIpc) is 3.00. The predicted molar refractivity (Wildman–Crippen MR) is 107 cm³/mol. The van der Waals surface area contributed by atoms with Crippen LogP contribution in [0, 0.1) is 13.8 Å². The molecule has 0 saturated carbocycles. The van der Waals surface area contributed by atoms with Gasteiger partial charge in [0, 0.05) is 36.2 Å². The second-order valence-corrected chi connectivity index (χ2v) is 7.93. The first-order chi connectivity index (χ1) is 12.8. The molecule has 27 heavy (non-hydrogen) atoms. The number of amides is 1. The predicted octanol–water partition coefficient (Wildman–Crippen LogP) is 3.35. The van der Waals surface area contributed by atoms with Gasteiger partial charge in [0.1, 0.15) is 0 Å². The van der Waals surface area contributed by atoms with Gasteiger partial charge in [-0.3, -0.25) is 9.59 Å². The number of aryl methyl sites for hydroxylation is 3. The van der Waals surface area contributed by atoms with E-state index in [2.05, 4.69) is 10.1 Å². The summed E-state index contributed by atoms with van der Waals surface area (Å²) in [5, 5.41) is 5.25. The fourth-order valence-corrected chi connectivity index (χ4v) is 3.87. The molecule has 0 saturated heterocycles. The van der Waals surface area contributed by atoms with Gasteiger partial charge in [-0.25, -0.2) is 9.67 Å². The molecule has 3 aromatic rings. The average molecular weight is 382 g/mol. The van der Waals surface area contributed by atoms with Crippen LogP contribution in [0.5, 0.6) is 0 Å². The van der Waals surface area contributed by atoms with Crippen molar-refractivity contribution in [3.8, 4) is 11.3 Å². The third-order valence-corrected chi connectivity index (χ3v) is 5.50. The van der Waals surface area contributed by atoms with E-state index in [4.69, 9.17) is 0 Å². The SMILES string of the molecule is Cc1nc(C(C)N(C)C(=O)c2cccc(-c3ccc(=O)n(C)n3)c2)c(C)s1. The van der Waals surface area contributed by atoms with E-state index in [1.165, 1.54) is 10.7 Å². The summed E-state index contributed by atoms with van der Waals surface area (Å²) in [6, 6.07) is 10.3. The first kappa shape index (κ1) is 19.0. The Morgan fingerprint density at radius 3 is 2.59 bits per heavy atom. The summed E-state index contributed by atoms with van der Waals surface area (Å²) in [7, 11) is 3.40. The minimum atomic E-state index is -0.173. The number of thiazole rings is 1. The second-order valence-electron chi connectivity index (χ2n) is 6.53. The highest BCUT2D eigenvalue weighted by molar-refractivity contribution is 7.11. The zero-order chi connectivity index (χ0) is 19.7. The molecule has 1 unspecified atom stereocenters. The summed E-state index contributed by atoms with van der Waals surface area (Å²) in [6.07, 6.45) is 0. The van der Waals surface area contributed by atoms with Crippen LogP contribution >= 0.6 is 11.3 Å². The lowest BCUT2D eigenvalue weighted by Crippen LogP contribution is -2.30. The fraction of sp³-hybridized carbons (Fsp3) is 0.300. The Bertz CT molecular complexity index is 1050. The molecule has 2 heterocycles. The van der Waals surface area contributed by atoms with E-state index < -0.39 is 0 Å². The fourth-order valence-electron chi connectivity index (χ4n) is 2.96. The molecule has 6 nitrogen and oxygen atoms in total. The monoisotopic (exact) mass is 382 g/mol. The summed E-state index contributed by atoms with van der Waals surface area (Å²) >= 11 is 1.64. The summed E-state index contributed by atoms with van der Waals surface area (Å²) in [5.74, 6) is -0.0841. The lowest BCUT2D eigenvalue weighted by Gasteiger charge is -2.24. The standard InChI is InChI=1S/C20H22N4O2S/c1-12(19-13(2)27-14(3)21-19)23(4)20(26)16-8-6-7-15(11-16)17-9-10-18(25)24(5)22-17/h6-12H,1-5H3. The minimum Gasteiger partial charge on any atom is -0.333 e. The first-order valence-electron chi connectivity index (χ1n) is 8.64. The van der Waals surface area contributed by atoms with Crippen molar-refractivity contribution in [2.24, 2.45) is 7.05 Å². The maximum Gasteiger partial charge on any atom is 0.266 e. The number of carbonyl (C=O) groups is 1. The Kier molecular flexibility index (Phi) is 5.23. The number of benzene rings is 1. The van der Waals surface area contributed by atoms with Gasteiger partial charge in [-0.05, 0) is 39.0 Å². The lowest BCUT2D eigenvalue weighted by molar-refractivity contribution is 0.0740. The van der Waals surface area contributed by atoms with Crippen LogP contribution in [-0.2, 0) is 7.05 Å². The van der Waals surface area contributed by atoms with E-state index in [-0.39, 0.29) is 17.5 Å². The Balaban J connectivity index is 1.89. The third kappa shape index (κ3) is 3.83. The summed E-state index contributed by atoms with van der Waals surface area (Å²) in [4.78, 5) is 32.0. The van der Waals surface area contributed by atoms with Crippen molar-refractivity contribution >= 4 is 17.2 Å². The van der Waals surface area contributed by atoms with Crippen LogP contribution in [0.3, 0.4) is 0 Å². The van der Waals surface area contributed by atoms with Crippen LogP contribution in [0.2, 0.25) is 0 Å². The van der Waals surface area contributed by atoms with Gasteiger partial charge in [-0.2, -0.15) is 5.10 Å². The minimum absolute atomic E-state index is 0.0841. The Hall–Kier alpha value is -2.80. The van der Waals surface area contributed by atoms with Gasteiger partial charge >= 0.3 is 0 Å². The molecule has 1 amide bonds. The number of rotatable bonds is 4. The highest BCUT2D eigenvalue weighted by Crippen LogP contribution is 2.27. The smallest absolute Gasteiger partial charge is 0.266 e. The van der Waals surface area contributed by atoms with Crippen LogP contribution in [0.1, 0.15) is 38.9 Å². The van der Waals surface area contributed by atoms with E-state index in [1.807, 2.05) is 32.9 Å². The second kappa shape index (κ2) is 7.44. The van der Waals surface area contributed by atoms with E-state index >= 15 is 0 Å². The van der Waals surface area contributed by atoms with E-state index in [0.29, 0.717) is 11.3 Å². The van der Waals surface area contributed by atoms with Crippen molar-refractivity contribution < 1.29 is 4.79 Å². The molecule has 7 heteroatoms. The molecule has 3 rings (SSSR count). The van der Waals surface area contributed by atoms with Crippen molar-refractivity contribution in [1.82, 2.24) is 19.7 Å². The van der Waals surface area contributed by atoms with E-state index in [0.717, 1.165) is 21.1 Å². The molecule has 1 atom stereocenters. The van der Waals surface area contributed by atoms with Gasteiger partial charge in [0.15, 0.2) is 0 Å². The molecule has 2 aromatic heterocycles. The van der Waals surface area contributed by atoms with Gasteiger partial charge in [0.25, 0.3) is 11.5 Å². The van der Waals surface area contributed by atoms with E-state index in [9.17, 15) is 9.59 Å². The van der Waals surface area contributed by atoms with Gasteiger partial charge in [0.2, 0.25) is 0 Å². The van der Waals surface area contributed by atoms with Gasteiger partial charge < -0.3 is 4.90 Å². The van der Waals surface area contributed by atoms with Gasteiger partial charge in [-0.15, -0.1) is 11.3 Å². The molecule has 0 radical (unpaired) electrons. The highest BCUT2D eigenvalue weighted by atomic mass is 32.1. The molecule has 0 aliphatic carbocycles. The number of hydrogen-bond acceptors (Lipinski definition) is 5. The largest absolute Gasteiger partial charge is 0.333 e. The van der Waals surface area contributed by atoms with Crippen LogP contribution < -0.4 is 5.56 Å². The maximum atomic E-state index is 13.0. The van der Waals surface area contributed by atoms with E-state index in [1.54, 1.807) is 48.5 Å². The van der Waals surface area contributed by atoms with Crippen LogP contribution in [0.25, 0.3) is 11.3 Å². The quantitative estimate of drug-likeness (QED) is 0.694. The Labute approximate surface area is 162 Å². The zero-order valence-corrected chi connectivity index (χ0v) is 16.9. The van der Waals surface area contributed by atoms with Crippen molar-refractivity contribution in [1.29, 1.82) is 0 Å². The van der Waals surface area contributed by atoms with Gasteiger partial charge in [-0.1, -0.05) is 12.1 Å². The van der Waals surface area contributed by atoms with Crippen molar-refractivity contribution in [2.75, 3.05) is 7.05 Å². The molecule has 140 valence electrons. The molecule has 0 N–H and O–H groups in total. The number of hydrogen-bond donors (Lipinski definition) is 0. The molecular formula is C20H22N4O2S. The molecule has 0 spiro atoms. The molecule has 0 aliphatic heterocycles.